The van der Waals surface area contributed by atoms with E-state index in [4.69, 9.17) is 0 Å². The van der Waals surface area contributed by atoms with Crippen molar-refractivity contribution in [3.8, 4) is 0 Å². The maximum atomic E-state index is 12.8. The van der Waals surface area contributed by atoms with E-state index in [1.165, 1.54) is 12.1 Å². The second-order valence-electron chi connectivity index (χ2n) is 4.86. The normalized spacial score (nSPS) is 12.0. The molecule has 0 heterocycles. The van der Waals surface area contributed by atoms with Gasteiger partial charge in [-0.3, -0.25) is 4.79 Å². The summed E-state index contributed by atoms with van der Waals surface area (Å²) in [5.41, 5.74) is 0.540. The molecule has 2 heteroatoms. The molecule has 0 saturated carbocycles. The SMILES string of the molecule is CCC=CC(=O)C(C)(C)Cc1ccc(F)cc1. The lowest BCUT2D eigenvalue weighted by molar-refractivity contribution is -0.122. The van der Waals surface area contributed by atoms with E-state index in [-0.39, 0.29) is 11.6 Å². The van der Waals surface area contributed by atoms with Crippen molar-refractivity contribution in [1.29, 1.82) is 0 Å². The number of halogens is 1. The zero-order valence-electron chi connectivity index (χ0n) is 10.7. The Balaban J connectivity index is 2.75. The van der Waals surface area contributed by atoms with Crippen LogP contribution in [0.15, 0.2) is 36.4 Å². The zero-order chi connectivity index (χ0) is 12.9. The van der Waals surface area contributed by atoms with Gasteiger partial charge in [-0.2, -0.15) is 0 Å². The van der Waals surface area contributed by atoms with Crippen molar-refractivity contribution in [3.63, 3.8) is 0 Å². The summed E-state index contributed by atoms with van der Waals surface area (Å²) in [5, 5.41) is 0. The van der Waals surface area contributed by atoms with Crippen molar-refractivity contribution in [2.24, 2.45) is 5.41 Å². The fraction of sp³-hybridized carbons (Fsp3) is 0.400. The third-order valence-electron chi connectivity index (χ3n) is 2.73. The molecule has 0 amide bonds. The molecule has 0 spiro atoms. The summed E-state index contributed by atoms with van der Waals surface area (Å²) in [7, 11) is 0. The van der Waals surface area contributed by atoms with E-state index in [0.717, 1.165) is 12.0 Å². The quantitative estimate of drug-likeness (QED) is 0.705. The van der Waals surface area contributed by atoms with Crippen molar-refractivity contribution >= 4 is 5.78 Å². The lowest BCUT2D eigenvalue weighted by atomic mass is 9.81. The highest BCUT2D eigenvalue weighted by Gasteiger charge is 2.25. The molecule has 0 bridgehead atoms. The van der Waals surface area contributed by atoms with Gasteiger partial charge in [0, 0.05) is 5.41 Å². The number of ketones is 1. The highest BCUT2D eigenvalue weighted by molar-refractivity contribution is 5.94. The number of carbonyl (C=O) groups excluding carboxylic acids is 1. The van der Waals surface area contributed by atoms with Gasteiger partial charge in [-0.25, -0.2) is 4.39 Å². The molecule has 0 aromatic heterocycles. The molecule has 0 aliphatic rings. The van der Waals surface area contributed by atoms with E-state index >= 15 is 0 Å². The molecule has 0 radical (unpaired) electrons. The van der Waals surface area contributed by atoms with E-state index in [1.54, 1.807) is 18.2 Å². The van der Waals surface area contributed by atoms with Crippen LogP contribution in [0.4, 0.5) is 4.39 Å². The number of hydrogen-bond acceptors (Lipinski definition) is 1. The predicted octanol–water partition coefficient (Wildman–Crippen LogP) is 3.93. The van der Waals surface area contributed by atoms with Crippen molar-refractivity contribution in [2.75, 3.05) is 0 Å². The number of allylic oxidation sites excluding steroid dienone is 2. The van der Waals surface area contributed by atoms with Crippen molar-refractivity contribution < 1.29 is 9.18 Å². The topological polar surface area (TPSA) is 17.1 Å². The molecule has 1 aromatic carbocycles. The van der Waals surface area contributed by atoms with Crippen LogP contribution < -0.4 is 0 Å². The lowest BCUT2D eigenvalue weighted by Gasteiger charge is -2.21. The largest absolute Gasteiger partial charge is 0.294 e. The maximum Gasteiger partial charge on any atom is 0.161 e. The minimum Gasteiger partial charge on any atom is -0.294 e. The Morgan fingerprint density at radius 3 is 2.41 bits per heavy atom. The van der Waals surface area contributed by atoms with Crippen LogP contribution in [0.25, 0.3) is 0 Å². The average Bonchev–Trinajstić information content (AvgIpc) is 2.28. The first-order valence-electron chi connectivity index (χ1n) is 5.91. The first kappa shape index (κ1) is 13.6. The fourth-order valence-electron chi connectivity index (χ4n) is 1.65. The monoisotopic (exact) mass is 234 g/mol. The predicted molar refractivity (Wildman–Crippen MR) is 68.3 cm³/mol. The Kier molecular flexibility index (Phi) is 4.62. The van der Waals surface area contributed by atoms with Gasteiger partial charge in [-0.1, -0.05) is 39.0 Å². The van der Waals surface area contributed by atoms with E-state index < -0.39 is 5.41 Å². The standard InChI is InChI=1S/C15H19FO/c1-4-5-6-14(17)15(2,3)11-12-7-9-13(16)10-8-12/h5-10H,4,11H2,1-3H3. The summed E-state index contributed by atoms with van der Waals surface area (Å²) in [6.07, 6.45) is 5.00. The highest BCUT2D eigenvalue weighted by Crippen LogP contribution is 2.23. The third-order valence-corrected chi connectivity index (χ3v) is 2.73. The maximum absolute atomic E-state index is 12.8. The Labute approximate surface area is 102 Å². The molecule has 92 valence electrons. The molecule has 1 rings (SSSR count). The molecule has 0 aliphatic heterocycles. The van der Waals surface area contributed by atoms with Crippen LogP contribution in [0, 0.1) is 11.2 Å². The Bertz CT molecular complexity index is 401. The second-order valence-corrected chi connectivity index (χ2v) is 4.86. The molecule has 1 nitrogen and oxygen atoms in total. The van der Waals surface area contributed by atoms with Gasteiger partial charge in [0.25, 0.3) is 0 Å². The first-order chi connectivity index (χ1) is 7.95. The molecule has 0 fully saturated rings. The van der Waals surface area contributed by atoms with Gasteiger partial charge >= 0.3 is 0 Å². The number of carbonyl (C=O) groups is 1. The van der Waals surface area contributed by atoms with Crippen LogP contribution in [-0.4, -0.2) is 5.78 Å². The number of hydrogen-bond donors (Lipinski definition) is 0. The first-order valence-corrected chi connectivity index (χ1v) is 5.91. The van der Waals surface area contributed by atoms with E-state index in [0.29, 0.717) is 6.42 Å². The minimum atomic E-state index is -0.441. The van der Waals surface area contributed by atoms with E-state index in [9.17, 15) is 9.18 Å². The van der Waals surface area contributed by atoms with Gasteiger partial charge in [-0.15, -0.1) is 0 Å². The molecule has 0 atom stereocenters. The molecular formula is C15H19FO. The molecule has 0 N–H and O–H groups in total. The molecule has 0 unspecified atom stereocenters. The Morgan fingerprint density at radius 2 is 1.88 bits per heavy atom. The summed E-state index contributed by atoms with van der Waals surface area (Å²) < 4.78 is 12.8. The van der Waals surface area contributed by atoms with Crippen molar-refractivity contribution in [3.05, 3.63) is 47.8 Å². The Morgan fingerprint density at radius 1 is 1.29 bits per heavy atom. The van der Waals surface area contributed by atoms with E-state index in [1.807, 2.05) is 26.8 Å². The second kappa shape index (κ2) is 5.76. The van der Waals surface area contributed by atoms with Crippen LogP contribution in [-0.2, 0) is 11.2 Å². The van der Waals surface area contributed by atoms with Crippen molar-refractivity contribution in [2.45, 2.75) is 33.6 Å². The van der Waals surface area contributed by atoms with Crippen LogP contribution in [0.3, 0.4) is 0 Å². The molecule has 0 saturated heterocycles. The summed E-state index contributed by atoms with van der Waals surface area (Å²) in [5.74, 6) is -0.132. The summed E-state index contributed by atoms with van der Waals surface area (Å²) in [6.45, 7) is 5.83. The molecular weight excluding hydrogens is 215 g/mol. The van der Waals surface area contributed by atoms with Gasteiger partial charge in [0.15, 0.2) is 5.78 Å². The van der Waals surface area contributed by atoms with Gasteiger partial charge in [-0.05, 0) is 36.6 Å². The van der Waals surface area contributed by atoms with Gasteiger partial charge in [0.05, 0.1) is 0 Å². The molecule has 1 aromatic rings. The smallest absolute Gasteiger partial charge is 0.161 e. The zero-order valence-corrected chi connectivity index (χ0v) is 10.7. The number of benzene rings is 1. The minimum absolute atomic E-state index is 0.115. The van der Waals surface area contributed by atoms with Gasteiger partial charge < -0.3 is 0 Å². The summed E-state index contributed by atoms with van der Waals surface area (Å²) >= 11 is 0. The van der Waals surface area contributed by atoms with Crippen LogP contribution in [0.5, 0.6) is 0 Å². The average molecular weight is 234 g/mol. The third kappa shape index (κ3) is 4.14. The summed E-state index contributed by atoms with van der Waals surface area (Å²) in [6, 6.07) is 6.32. The Hall–Kier alpha value is -1.44. The van der Waals surface area contributed by atoms with Crippen LogP contribution in [0.2, 0.25) is 0 Å². The molecule has 0 aliphatic carbocycles. The summed E-state index contributed by atoms with van der Waals surface area (Å²) in [4.78, 5) is 11.9. The van der Waals surface area contributed by atoms with E-state index in [2.05, 4.69) is 0 Å². The van der Waals surface area contributed by atoms with Gasteiger partial charge in [0.2, 0.25) is 0 Å². The van der Waals surface area contributed by atoms with Gasteiger partial charge in [0.1, 0.15) is 5.82 Å². The lowest BCUT2D eigenvalue weighted by Crippen LogP contribution is -2.25. The molecule has 17 heavy (non-hydrogen) atoms. The van der Waals surface area contributed by atoms with Crippen LogP contribution >= 0.6 is 0 Å². The fourth-order valence-corrected chi connectivity index (χ4v) is 1.65. The number of rotatable bonds is 5. The highest BCUT2D eigenvalue weighted by atomic mass is 19.1. The van der Waals surface area contributed by atoms with Crippen molar-refractivity contribution in [1.82, 2.24) is 0 Å². The van der Waals surface area contributed by atoms with Crippen LogP contribution in [0.1, 0.15) is 32.8 Å².